The van der Waals surface area contributed by atoms with Gasteiger partial charge in [-0.1, -0.05) is 103 Å². The maximum atomic E-state index is 6.34. The van der Waals surface area contributed by atoms with Crippen molar-refractivity contribution in [3.05, 3.63) is 164 Å². The van der Waals surface area contributed by atoms with E-state index >= 15 is 0 Å². The largest absolute Gasteiger partial charge is 0.456 e. The van der Waals surface area contributed by atoms with E-state index in [1.807, 2.05) is 36.4 Å². The average molecular weight is 614 g/mol. The second-order valence-corrected chi connectivity index (χ2v) is 12.2. The molecule has 3 heterocycles. The van der Waals surface area contributed by atoms with Gasteiger partial charge in [0.25, 0.3) is 0 Å². The van der Waals surface area contributed by atoms with Crippen molar-refractivity contribution >= 4 is 54.6 Å². The molecule has 0 bridgehead atoms. The zero-order valence-corrected chi connectivity index (χ0v) is 25.8. The number of aromatic nitrogens is 3. The Morgan fingerprint density at radius 1 is 0.396 bits per heavy atom. The highest BCUT2D eigenvalue weighted by atomic mass is 16.3. The number of hydrogen-bond acceptors (Lipinski definition) is 3. The van der Waals surface area contributed by atoms with Gasteiger partial charge in [0.1, 0.15) is 11.2 Å². The summed E-state index contributed by atoms with van der Waals surface area (Å²) in [7, 11) is 0. The van der Waals surface area contributed by atoms with Gasteiger partial charge in [-0.25, -0.2) is 9.97 Å². The second-order valence-electron chi connectivity index (χ2n) is 12.2. The number of nitrogens with zero attached hydrogens (tertiary/aromatic N) is 3. The van der Waals surface area contributed by atoms with Gasteiger partial charge in [0.2, 0.25) is 0 Å². The molecule has 0 saturated carbocycles. The fourth-order valence-corrected chi connectivity index (χ4v) is 7.12. The standard InChI is InChI=1S/C44H27N3O/c1-3-11-28(12-4-1)43-35-16-7-9-17-38(35)45-44(46-43)31-21-24-42-37(26-31)36-25-29(20-23-41(36)48-42)30-19-22-34-33-15-8-10-18-39(33)47(40(34)27-30)32-13-5-2-6-14-32/h1-27H. The van der Waals surface area contributed by atoms with Gasteiger partial charge in [0, 0.05) is 43.7 Å². The van der Waals surface area contributed by atoms with E-state index in [-0.39, 0.29) is 0 Å². The molecule has 0 aliphatic heterocycles. The fourth-order valence-electron chi connectivity index (χ4n) is 7.12. The van der Waals surface area contributed by atoms with Crippen LogP contribution in [0.2, 0.25) is 0 Å². The second kappa shape index (κ2) is 10.5. The van der Waals surface area contributed by atoms with Crippen molar-refractivity contribution in [1.82, 2.24) is 14.5 Å². The molecule has 10 rings (SSSR count). The average Bonchev–Trinajstić information content (AvgIpc) is 3.69. The summed E-state index contributed by atoms with van der Waals surface area (Å²) in [5.74, 6) is 0.694. The lowest BCUT2D eigenvalue weighted by atomic mass is 10.0. The Bertz CT molecular complexity index is 2830. The molecular formula is C44H27N3O. The molecule has 0 N–H and O–H groups in total. The van der Waals surface area contributed by atoms with E-state index in [0.717, 1.165) is 66.5 Å². The minimum atomic E-state index is 0.694. The van der Waals surface area contributed by atoms with Crippen molar-refractivity contribution in [3.63, 3.8) is 0 Å². The first kappa shape index (κ1) is 26.7. The Labute approximate surface area is 276 Å². The van der Waals surface area contributed by atoms with Crippen LogP contribution in [0, 0.1) is 0 Å². The van der Waals surface area contributed by atoms with Crippen LogP contribution < -0.4 is 0 Å². The molecule has 0 atom stereocenters. The molecule has 0 fully saturated rings. The Morgan fingerprint density at radius 3 is 1.81 bits per heavy atom. The van der Waals surface area contributed by atoms with Crippen LogP contribution in [0.5, 0.6) is 0 Å². The summed E-state index contributed by atoms with van der Waals surface area (Å²) in [6.07, 6.45) is 0. The minimum absolute atomic E-state index is 0.694. The summed E-state index contributed by atoms with van der Waals surface area (Å²) in [5, 5.41) is 5.63. The van der Waals surface area contributed by atoms with Crippen LogP contribution in [0.15, 0.2) is 168 Å². The van der Waals surface area contributed by atoms with Crippen LogP contribution in [0.25, 0.3) is 94.1 Å². The Balaban J connectivity index is 1.13. The number of fused-ring (bicyclic) bond motifs is 7. The molecular weight excluding hydrogens is 587 g/mol. The van der Waals surface area contributed by atoms with E-state index in [0.29, 0.717) is 5.82 Å². The molecule has 224 valence electrons. The van der Waals surface area contributed by atoms with Gasteiger partial charge in [0.15, 0.2) is 5.82 Å². The first-order valence-electron chi connectivity index (χ1n) is 16.2. The van der Waals surface area contributed by atoms with Gasteiger partial charge in [0.05, 0.1) is 22.2 Å². The SMILES string of the molecule is c1ccc(-c2nc(-c3ccc4oc5ccc(-c6ccc7c8ccccc8n(-c8ccccc8)c7c6)cc5c4c3)nc3ccccc23)cc1. The van der Waals surface area contributed by atoms with Crippen LogP contribution in [0.1, 0.15) is 0 Å². The van der Waals surface area contributed by atoms with Gasteiger partial charge in [-0.15, -0.1) is 0 Å². The molecule has 7 aromatic carbocycles. The lowest BCUT2D eigenvalue weighted by molar-refractivity contribution is 0.669. The third-order valence-electron chi connectivity index (χ3n) is 9.40. The minimum Gasteiger partial charge on any atom is -0.456 e. The molecule has 0 amide bonds. The van der Waals surface area contributed by atoms with Crippen LogP contribution in [0.3, 0.4) is 0 Å². The molecule has 0 radical (unpaired) electrons. The third kappa shape index (κ3) is 4.16. The van der Waals surface area contributed by atoms with Gasteiger partial charge in [-0.05, 0) is 71.8 Å². The number of hydrogen-bond donors (Lipinski definition) is 0. The molecule has 0 unspecified atom stereocenters. The van der Waals surface area contributed by atoms with Gasteiger partial charge in [-0.2, -0.15) is 0 Å². The van der Waals surface area contributed by atoms with Crippen molar-refractivity contribution in [2.24, 2.45) is 0 Å². The van der Waals surface area contributed by atoms with E-state index in [1.165, 1.54) is 21.8 Å². The molecule has 3 aromatic heterocycles. The number of furan rings is 1. The zero-order valence-electron chi connectivity index (χ0n) is 25.8. The maximum absolute atomic E-state index is 6.34. The number of para-hydroxylation sites is 3. The summed E-state index contributed by atoms with van der Waals surface area (Å²) in [5.41, 5.74) is 11.4. The Hall–Kier alpha value is -6.52. The summed E-state index contributed by atoms with van der Waals surface area (Å²) in [6, 6.07) is 57.3. The lowest BCUT2D eigenvalue weighted by Gasteiger charge is -2.09. The fraction of sp³-hybridized carbons (Fsp3) is 0. The first-order chi connectivity index (χ1) is 23.8. The third-order valence-corrected chi connectivity index (χ3v) is 9.40. The van der Waals surface area contributed by atoms with E-state index in [9.17, 15) is 0 Å². The highest BCUT2D eigenvalue weighted by Crippen LogP contribution is 2.38. The molecule has 0 aliphatic carbocycles. The van der Waals surface area contributed by atoms with Crippen molar-refractivity contribution in [3.8, 4) is 39.5 Å². The van der Waals surface area contributed by atoms with Crippen LogP contribution in [-0.2, 0) is 0 Å². The Kier molecular flexibility index (Phi) is 5.84. The quantitative estimate of drug-likeness (QED) is 0.198. The van der Waals surface area contributed by atoms with E-state index in [1.54, 1.807) is 0 Å². The summed E-state index contributed by atoms with van der Waals surface area (Å²) in [4.78, 5) is 10.1. The molecule has 10 aromatic rings. The smallest absolute Gasteiger partial charge is 0.160 e. The van der Waals surface area contributed by atoms with Crippen LogP contribution >= 0.6 is 0 Å². The monoisotopic (exact) mass is 613 g/mol. The molecule has 4 nitrogen and oxygen atoms in total. The van der Waals surface area contributed by atoms with Crippen molar-refractivity contribution < 1.29 is 4.42 Å². The first-order valence-corrected chi connectivity index (χ1v) is 16.2. The summed E-state index contributed by atoms with van der Waals surface area (Å²) < 4.78 is 8.70. The van der Waals surface area contributed by atoms with Gasteiger partial charge in [-0.3, -0.25) is 0 Å². The van der Waals surface area contributed by atoms with E-state index in [2.05, 4.69) is 132 Å². The topological polar surface area (TPSA) is 43.9 Å². The molecule has 0 saturated heterocycles. The highest BCUT2D eigenvalue weighted by Gasteiger charge is 2.16. The van der Waals surface area contributed by atoms with Crippen LogP contribution in [-0.4, -0.2) is 14.5 Å². The summed E-state index contributed by atoms with van der Waals surface area (Å²) in [6.45, 7) is 0. The number of benzene rings is 7. The molecule has 48 heavy (non-hydrogen) atoms. The number of rotatable bonds is 4. The van der Waals surface area contributed by atoms with E-state index < -0.39 is 0 Å². The highest BCUT2D eigenvalue weighted by molar-refractivity contribution is 6.11. The summed E-state index contributed by atoms with van der Waals surface area (Å²) >= 11 is 0. The zero-order chi connectivity index (χ0) is 31.6. The predicted octanol–water partition coefficient (Wildman–Crippen LogP) is 11.6. The Morgan fingerprint density at radius 2 is 1.00 bits per heavy atom. The molecule has 0 spiro atoms. The predicted molar refractivity (Wildman–Crippen MR) is 197 cm³/mol. The van der Waals surface area contributed by atoms with Crippen molar-refractivity contribution in [1.29, 1.82) is 0 Å². The molecule has 0 aliphatic rings. The van der Waals surface area contributed by atoms with Crippen molar-refractivity contribution in [2.45, 2.75) is 0 Å². The lowest BCUT2D eigenvalue weighted by Crippen LogP contribution is -1.95. The van der Waals surface area contributed by atoms with Crippen molar-refractivity contribution in [2.75, 3.05) is 0 Å². The normalized spacial score (nSPS) is 11.8. The van der Waals surface area contributed by atoms with E-state index in [4.69, 9.17) is 14.4 Å². The van der Waals surface area contributed by atoms with Gasteiger partial charge >= 0.3 is 0 Å². The molecule has 4 heteroatoms. The maximum Gasteiger partial charge on any atom is 0.160 e. The van der Waals surface area contributed by atoms with Gasteiger partial charge < -0.3 is 8.98 Å². The van der Waals surface area contributed by atoms with Crippen LogP contribution in [0.4, 0.5) is 0 Å².